The smallest absolute Gasteiger partial charge is 0.393 e. The first-order valence-electron chi connectivity index (χ1n) is 15.7. The van der Waals surface area contributed by atoms with E-state index in [0.717, 1.165) is 48.3 Å². The van der Waals surface area contributed by atoms with E-state index < -0.39 is 13.9 Å². The number of allylic oxidation sites excluding steroid dienone is 1. The van der Waals surface area contributed by atoms with Gasteiger partial charge in [0.05, 0.1) is 6.10 Å². The van der Waals surface area contributed by atoms with E-state index in [-0.39, 0.29) is 6.10 Å². The van der Waals surface area contributed by atoms with Crippen molar-refractivity contribution in [2.24, 2.45) is 46.3 Å². The number of aliphatic hydroxyl groups excluding tert-OH is 2. The summed E-state index contributed by atoms with van der Waals surface area (Å²) in [4.78, 5) is 8.53. The molecule has 3 N–H and O–H groups in total. The molecule has 5 heteroatoms. The van der Waals surface area contributed by atoms with Gasteiger partial charge in [0.2, 0.25) is 0 Å². The summed E-state index contributed by atoms with van der Waals surface area (Å²) in [6, 6.07) is 8.40. The standard InChI is InChI=1S/C27H46O.C7H7O3P/c1-18(2)7-6-8-19(3)23-11-12-24-22-10-9-20-17-21(28)13-15-26(20,4)25(22)14-16-27(23,24)5;8-7(11(9)10)6-4-2-1-3-5-6/h9,18-19,21-25,28H,6-8,10-17H2,1-5H3;1-5,7-8H/p+1/t19-,21+,22+,23-,24+,25+,26+,27-;/m1./s1. The number of aliphatic hydroxyl groups is 2. The molecule has 218 valence electrons. The second kappa shape index (κ2) is 12.8. The predicted molar refractivity (Wildman–Crippen MR) is 160 cm³/mol. The van der Waals surface area contributed by atoms with E-state index in [0.29, 0.717) is 16.4 Å². The minimum Gasteiger partial charge on any atom is -0.393 e. The third kappa shape index (κ3) is 6.56. The Hall–Kier alpha value is -1.06. The van der Waals surface area contributed by atoms with Gasteiger partial charge in [-0.2, -0.15) is 4.89 Å². The summed E-state index contributed by atoms with van der Waals surface area (Å²) in [5, 5.41) is 19.3. The Morgan fingerprint density at radius 2 is 1.69 bits per heavy atom. The van der Waals surface area contributed by atoms with Gasteiger partial charge in [0.1, 0.15) is 0 Å². The van der Waals surface area contributed by atoms with Crippen LogP contribution in [0.2, 0.25) is 0 Å². The first-order valence-corrected chi connectivity index (χ1v) is 17.0. The van der Waals surface area contributed by atoms with Gasteiger partial charge in [-0.1, -0.05) is 95.9 Å². The molecule has 4 nitrogen and oxygen atoms in total. The highest BCUT2D eigenvalue weighted by molar-refractivity contribution is 7.38. The van der Waals surface area contributed by atoms with Crippen LogP contribution in [0.4, 0.5) is 0 Å². The number of hydrogen-bond donors (Lipinski definition) is 3. The Kier molecular flexibility index (Phi) is 10.2. The Labute approximate surface area is 238 Å². The van der Waals surface area contributed by atoms with Gasteiger partial charge in [0.25, 0.3) is 0 Å². The van der Waals surface area contributed by atoms with Crippen LogP contribution in [0.25, 0.3) is 0 Å². The summed E-state index contributed by atoms with van der Waals surface area (Å²) in [5.74, 6) is 4.20. The largest absolute Gasteiger partial charge is 0.542 e. The normalized spacial score (nSPS) is 37.4. The van der Waals surface area contributed by atoms with Crippen LogP contribution in [0.3, 0.4) is 0 Å². The molecule has 0 saturated heterocycles. The zero-order chi connectivity index (χ0) is 28.4. The van der Waals surface area contributed by atoms with E-state index in [1.807, 2.05) is 0 Å². The van der Waals surface area contributed by atoms with Crippen molar-refractivity contribution in [3.63, 3.8) is 0 Å². The van der Waals surface area contributed by atoms with Crippen LogP contribution < -0.4 is 0 Å². The Morgan fingerprint density at radius 1 is 0.974 bits per heavy atom. The maximum absolute atomic E-state index is 10.4. The van der Waals surface area contributed by atoms with E-state index in [1.165, 1.54) is 57.8 Å². The van der Waals surface area contributed by atoms with Gasteiger partial charge in [-0.05, 0) is 102 Å². The lowest BCUT2D eigenvalue weighted by Crippen LogP contribution is -2.50. The highest BCUT2D eigenvalue weighted by Crippen LogP contribution is 2.67. The SMILES string of the molecule is CC(C)CCC[C@@H](C)[C@H]1CC[C@H]2[C@@H]3CC=C4C[C@@H](O)CC[C@]4(C)[C@H]3CC[C@]12C.O=[P+](O)C(O)c1ccccc1. The van der Waals surface area contributed by atoms with Crippen molar-refractivity contribution in [1.29, 1.82) is 0 Å². The van der Waals surface area contributed by atoms with Gasteiger partial charge in [0, 0.05) is 5.56 Å². The van der Waals surface area contributed by atoms with Crippen LogP contribution in [-0.4, -0.2) is 21.2 Å². The molecule has 10 atom stereocenters. The van der Waals surface area contributed by atoms with Gasteiger partial charge in [-0.25, -0.2) is 0 Å². The zero-order valence-corrected chi connectivity index (χ0v) is 26.0. The van der Waals surface area contributed by atoms with Gasteiger partial charge in [-0.3, -0.25) is 0 Å². The van der Waals surface area contributed by atoms with Crippen molar-refractivity contribution < 1.29 is 19.7 Å². The first kappa shape index (κ1) is 30.9. The Balaban J connectivity index is 0.000000270. The topological polar surface area (TPSA) is 77.8 Å². The average Bonchev–Trinajstić information content (AvgIpc) is 3.26. The molecule has 5 rings (SSSR count). The molecular formula is C34H54O4P+. The molecule has 0 bridgehead atoms. The Bertz CT molecular complexity index is 992. The van der Waals surface area contributed by atoms with Crippen molar-refractivity contribution in [3.05, 3.63) is 47.5 Å². The van der Waals surface area contributed by atoms with Crippen molar-refractivity contribution in [2.45, 2.75) is 117 Å². The molecule has 39 heavy (non-hydrogen) atoms. The molecule has 1 aromatic carbocycles. The summed E-state index contributed by atoms with van der Waals surface area (Å²) in [5.41, 5.74) is 3.07. The van der Waals surface area contributed by atoms with Crippen molar-refractivity contribution in [1.82, 2.24) is 0 Å². The van der Waals surface area contributed by atoms with Crippen LogP contribution in [0, 0.1) is 46.3 Å². The lowest BCUT2D eigenvalue weighted by molar-refractivity contribution is -0.0573. The highest BCUT2D eigenvalue weighted by atomic mass is 31.1. The molecule has 0 radical (unpaired) electrons. The second-order valence-corrected chi connectivity index (χ2v) is 15.4. The van der Waals surface area contributed by atoms with E-state index in [1.54, 1.807) is 35.9 Å². The summed E-state index contributed by atoms with van der Waals surface area (Å²) in [6.07, 6.45) is 17.2. The first-order chi connectivity index (χ1) is 18.5. The van der Waals surface area contributed by atoms with Crippen LogP contribution in [0.15, 0.2) is 42.0 Å². The average molecular weight is 558 g/mol. The van der Waals surface area contributed by atoms with Crippen molar-refractivity contribution in [3.8, 4) is 0 Å². The predicted octanol–water partition coefficient (Wildman–Crippen LogP) is 8.80. The molecule has 3 saturated carbocycles. The minimum atomic E-state index is -2.53. The maximum Gasteiger partial charge on any atom is 0.542 e. The molecule has 0 spiro atoms. The highest BCUT2D eigenvalue weighted by Gasteiger charge is 2.59. The van der Waals surface area contributed by atoms with E-state index in [4.69, 9.17) is 10.00 Å². The van der Waals surface area contributed by atoms with Crippen LogP contribution >= 0.6 is 8.03 Å². The molecule has 0 amide bonds. The molecule has 0 aliphatic heterocycles. The molecule has 0 heterocycles. The van der Waals surface area contributed by atoms with E-state index in [9.17, 15) is 9.67 Å². The summed E-state index contributed by atoms with van der Waals surface area (Å²) >= 11 is 0. The molecule has 0 aromatic heterocycles. The monoisotopic (exact) mass is 557 g/mol. The molecule has 4 aliphatic carbocycles. The fourth-order valence-electron chi connectivity index (χ4n) is 9.42. The zero-order valence-electron chi connectivity index (χ0n) is 25.1. The van der Waals surface area contributed by atoms with Crippen molar-refractivity contribution in [2.75, 3.05) is 0 Å². The molecule has 3 fully saturated rings. The molecular weight excluding hydrogens is 503 g/mol. The van der Waals surface area contributed by atoms with Crippen LogP contribution in [0.1, 0.15) is 117 Å². The molecule has 4 aliphatic rings. The number of fused-ring (bicyclic) bond motifs is 5. The third-order valence-electron chi connectivity index (χ3n) is 11.6. The Morgan fingerprint density at radius 3 is 2.36 bits per heavy atom. The molecule has 2 unspecified atom stereocenters. The quantitative estimate of drug-likeness (QED) is 0.231. The van der Waals surface area contributed by atoms with Gasteiger partial charge < -0.3 is 10.2 Å². The van der Waals surface area contributed by atoms with Gasteiger partial charge >= 0.3 is 13.9 Å². The number of hydrogen-bond acceptors (Lipinski definition) is 3. The maximum atomic E-state index is 10.4. The van der Waals surface area contributed by atoms with Crippen LogP contribution in [-0.2, 0) is 4.57 Å². The lowest BCUT2D eigenvalue weighted by Gasteiger charge is -2.58. The van der Waals surface area contributed by atoms with Crippen LogP contribution in [0.5, 0.6) is 0 Å². The number of benzene rings is 1. The minimum absolute atomic E-state index is 0.0766. The fourth-order valence-corrected chi connectivity index (χ4v) is 9.85. The summed E-state index contributed by atoms with van der Waals surface area (Å²) in [6.45, 7) is 12.6. The van der Waals surface area contributed by atoms with Gasteiger partial charge in [0.15, 0.2) is 0 Å². The summed E-state index contributed by atoms with van der Waals surface area (Å²) < 4.78 is 10.4. The molecule has 1 aromatic rings. The lowest BCUT2D eigenvalue weighted by atomic mass is 9.47. The van der Waals surface area contributed by atoms with E-state index in [2.05, 4.69) is 40.7 Å². The summed E-state index contributed by atoms with van der Waals surface area (Å²) in [7, 11) is -2.53. The second-order valence-electron chi connectivity index (χ2n) is 14.3. The number of rotatable bonds is 7. The third-order valence-corrected chi connectivity index (χ3v) is 12.3. The van der Waals surface area contributed by atoms with Gasteiger partial charge in [-0.15, -0.1) is 0 Å². The van der Waals surface area contributed by atoms with Crippen molar-refractivity contribution >= 4 is 8.03 Å². The van der Waals surface area contributed by atoms with E-state index >= 15 is 0 Å². The fraction of sp³-hybridized carbons (Fsp3) is 0.765.